The third-order valence-electron chi connectivity index (χ3n) is 2.91. The zero-order valence-corrected chi connectivity index (χ0v) is 11.8. The fourth-order valence-electron chi connectivity index (χ4n) is 1.99. The molecule has 0 aliphatic rings. The van der Waals surface area contributed by atoms with Crippen LogP contribution >= 0.6 is 11.3 Å². The van der Waals surface area contributed by atoms with Gasteiger partial charge in [-0.2, -0.15) is 0 Å². The van der Waals surface area contributed by atoms with Crippen molar-refractivity contribution in [3.8, 4) is 0 Å². The van der Waals surface area contributed by atoms with Gasteiger partial charge in [0.05, 0.1) is 0 Å². The molecular weight excluding hydrogens is 240 g/mol. The number of hydrogen-bond donors (Lipinski definition) is 1. The average Bonchev–Trinajstić information content (AvgIpc) is 2.82. The molecular formula is C15H20N2S. The lowest BCUT2D eigenvalue weighted by Crippen LogP contribution is -2.23. The number of nitrogens with zero attached hydrogens (tertiary/aromatic N) is 1. The van der Waals surface area contributed by atoms with Crippen molar-refractivity contribution in [1.82, 2.24) is 10.3 Å². The Morgan fingerprint density at radius 3 is 2.83 bits per heavy atom. The molecule has 2 rings (SSSR count). The van der Waals surface area contributed by atoms with E-state index in [-0.39, 0.29) is 0 Å². The molecule has 18 heavy (non-hydrogen) atoms. The van der Waals surface area contributed by atoms with Crippen LogP contribution in [0.3, 0.4) is 0 Å². The third-order valence-corrected chi connectivity index (χ3v) is 4.02. The Hall–Kier alpha value is -1.19. The van der Waals surface area contributed by atoms with Crippen LogP contribution in [-0.4, -0.2) is 11.5 Å². The smallest absolute Gasteiger partial charge is 0.0456 e. The molecule has 3 heteroatoms. The largest absolute Gasteiger partial charge is 0.309 e. The molecule has 0 aliphatic carbocycles. The Labute approximate surface area is 113 Å². The maximum atomic E-state index is 4.19. The lowest BCUT2D eigenvalue weighted by Gasteiger charge is -2.17. The lowest BCUT2D eigenvalue weighted by molar-refractivity contribution is 0.536. The van der Waals surface area contributed by atoms with E-state index < -0.39 is 0 Å². The van der Waals surface area contributed by atoms with Crippen molar-refractivity contribution < 1.29 is 0 Å². The van der Waals surface area contributed by atoms with Gasteiger partial charge in [-0.05, 0) is 50.1 Å². The van der Waals surface area contributed by atoms with E-state index in [1.165, 1.54) is 15.3 Å². The van der Waals surface area contributed by atoms with Crippen LogP contribution in [0.4, 0.5) is 0 Å². The van der Waals surface area contributed by atoms with E-state index >= 15 is 0 Å². The highest BCUT2D eigenvalue weighted by Crippen LogP contribution is 2.25. The SMILES string of the molecule is CCCNC(Cc1cccnc1)c1ccc(C)s1. The van der Waals surface area contributed by atoms with Crippen molar-refractivity contribution >= 4 is 11.3 Å². The summed E-state index contributed by atoms with van der Waals surface area (Å²) in [4.78, 5) is 6.99. The third kappa shape index (κ3) is 3.65. The van der Waals surface area contributed by atoms with Gasteiger partial charge in [0, 0.05) is 28.2 Å². The van der Waals surface area contributed by atoms with Crippen LogP contribution in [0.15, 0.2) is 36.7 Å². The second-order valence-corrected chi connectivity index (χ2v) is 5.84. The number of aryl methyl sites for hydroxylation is 1. The summed E-state index contributed by atoms with van der Waals surface area (Å²) in [5, 5.41) is 3.63. The number of hydrogen-bond acceptors (Lipinski definition) is 3. The van der Waals surface area contributed by atoms with Crippen molar-refractivity contribution in [2.45, 2.75) is 32.7 Å². The zero-order valence-electron chi connectivity index (χ0n) is 11.0. The second-order valence-electron chi connectivity index (χ2n) is 4.52. The van der Waals surface area contributed by atoms with Crippen molar-refractivity contribution in [2.24, 2.45) is 0 Å². The summed E-state index contributed by atoms with van der Waals surface area (Å²) < 4.78 is 0. The summed E-state index contributed by atoms with van der Waals surface area (Å²) in [5.41, 5.74) is 1.29. The first-order valence-corrected chi connectivity index (χ1v) is 7.30. The molecule has 2 aromatic heterocycles. The van der Waals surface area contributed by atoms with Crippen LogP contribution in [0.25, 0.3) is 0 Å². The summed E-state index contributed by atoms with van der Waals surface area (Å²) in [6, 6.07) is 9.00. The molecule has 96 valence electrons. The molecule has 0 radical (unpaired) electrons. The molecule has 0 aromatic carbocycles. The van der Waals surface area contributed by atoms with Crippen LogP contribution in [0.2, 0.25) is 0 Å². The Balaban J connectivity index is 2.10. The van der Waals surface area contributed by atoms with Gasteiger partial charge in [0.15, 0.2) is 0 Å². The summed E-state index contributed by atoms with van der Waals surface area (Å²) in [6.45, 7) is 5.42. The monoisotopic (exact) mass is 260 g/mol. The number of pyridine rings is 1. The van der Waals surface area contributed by atoms with Gasteiger partial charge in [-0.25, -0.2) is 0 Å². The first-order valence-electron chi connectivity index (χ1n) is 6.48. The predicted octanol–water partition coefficient (Wildman–Crippen LogP) is 3.73. The fourth-order valence-corrected chi connectivity index (χ4v) is 2.94. The maximum absolute atomic E-state index is 4.19. The minimum Gasteiger partial charge on any atom is -0.309 e. The Morgan fingerprint density at radius 2 is 2.22 bits per heavy atom. The van der Waals surface area contributed by atoms with Gasteiger partial charge < -0.3 is 5.32 Å². The van der Waals surface area contributed by atoms with Crippen molar-refractivity contribution in [3.63, 3.8) is 0 Å². The highest BCUT2D eigenvalue weighted by atomic mass is 32.1. The number of aromatic nitrogens is 1. The standard InChI is InChI=1S/C15H20N2S/c1-3-8-17-14(15-7-6-12(2)18-15)10-13-5-4-9-16-11-13/h4-7,9,11,14,17H,3,8,10H2,1-2H3. The summed E-state index contributed by atoms with van der Waals surface area (Å²) in [6.07, 6.45) is 5.95. The van der Waals surface area contributed by atoms with Gasteiger partial charge in [-0.1, -0.05) is 13.0 Å². The van der Waals surface area contributed by atoms with Crippen LogP contribution < -0.4 is 5.32 Å². The van der Waals surface area contributed by atoms with Crippen LogP contribution in [0.1, 0.15) is 34.7 Å². The molecule has 2 nitrogen and oxygen atoms in total. The van der Waals surface area contributed by atoms with E-state index in [1.54, 1.807) is 0 Å². The van der Waals surface area contributed by atoms with Gasteiger partial charge in [0.1, 0.15) is 0 Å². The Morgan fingerprint density at radius 1 is 1.33 bits per heavy atom. The first-order chi connectivity index (χ1) is 8.79. The van der Waals surface area contributed by atoms with E-state index in [9.17, 15) is 0 Å². The van der Waals surface area contributed by atoms with E-state index in [2.05, 4.69) is 42.3 Å². The van der Waals surface area contributed by atoms with Gasteiger partial charge in [-0.3, -0.25) is 4.98 Å². The molecule has 1 atom stereocenters. The molecule has 1 unspecified atom stereocenters. The van der Waals surface area contributed by atoms with Crippen LogP contribution in [0.5, 0.6) is 0 Å². The van der Waals surface area contributed by atoms with Crippen molar-refractivity contribution in [1.29, 1.82) is 0 Å². The minimum atomic E-state index is 0.410. The lowest BCUT2D eigenvalue weighted by atomic mass is 10.1. The number of thiophene rings is 1. The normalized spacial score (nSPS) is 12.6. The average molecular weight is 260 g/mol. The van der Waals surface area contributed by atoms with E-state index in [0.29, 0.717) is 6.04 Å². The molecule has 2 aromatic rings. The van der Waals surface area contributed by atoms with E-state index in [0.717, 1.165) is 19.4 Å². The van der Waals surface area contributed by atoms with Crippen molar-refractivity contribution in [2.75, 3.05) is 6.54 Å². The summed E-state index contributed by atoms with van der Waals surface area (Å²) in [5.74, 6) is 0. The molecule has 0 saturated heterocycles. The zero-order chi connectivity index (χ0) is 12.8. The van der Waals surface area contributed by atoms with Gasteiger partial charge >= 0.3 is 0 Å². The summed E-state index contributed by atoms with van der Waals surface area (Å²) >= 11 is 1.88. The predicted molar refractivity (Wildman–Crippen MR) is 78.0 cm³/mol. The first kappa shape index (κ1) is 13.2. The molecule has 0 saturated carbocycles. The molecule has 1 N–H and O–H groups in total. The molecule has 0 fully saturated rings. The van der Waals surface area contributed by atoms with Gasteiger partial charge in [0.2, 0.25) is 0 Å². The fraction of sp³-hybridized carbons (Fsp3) is 0.400. The number of rotatable bonds is 6. The Bertz CT molecular complexity index is 464. The summed E-state index contributed by atoms with van der Waals surface area (Å²) in [7, 11) is 0. The molecule has 0 amide bonds. The van der Waals surface area contributed by atoms with Gasteiger partial charge in [0.25, 0.3) is 0 Å². The van der Waals surface area contributed by atoms with Crippen molar-refractivity contribution in [3.05, 3.63) is 52.0 Å². The van der Waals surface area contributed by atoms with Crippen LogP contribution in [0, 0.1) is 6.92 Å². The molecule has 0 spiro atoms. The maximum Gasteiger partial charge on any atom is 0.0456 e. The molecule has 0 aliphatic heterocycles. The molecule has 2 heterocycles. The van der Waals surface area contributed by atoms with E-state index in [4.69, 9.17) is 0 Å². The highest BCUT2D eigenvalue weighted by Gasteiger charge is 2.13. The Kier molecular flexibility index (Phi) is 4.90. The minimum absolute atomic E-state index is 0.410. The van der Waals surface area contributed by atoms with E-state index in [1.807, 2.05) is 29.8 Å². The quantitative estimate of drug-likeness (QED) is 0.856. The number of nitrogens with one attached hydrogen (secondary N) is 1. The van der Waals surface area contributed by atoms with Crippen LogP contribution in [-0.2, 0) is 6.42 Å². The highest BCUT2D eigenvalue weighted by molar-refractivity contribution is 7.12. The molecule has 0 bridgehead atoms. The topological polar surface area (TPSA) is 24.9 Å². The van der Waals surface area contributed by atoms with Gasteiger partial charge in [-0.15, -0.1) is 11.3 Å². The second kappa shape index (κ2) is 6.66.